The second-order valence-electron chi connectivity index (χ2n) is 4.38. The topological polar surface area (TPSA) is 85.1 Å². The Labute approximate surface area is 127 Å². The quantitative estimate of drug-likeness (QED) is 0.902. The molecule has 0 spiro atoms. The Balaban J connectivity index is 2.45. The number of rotatable bonds is 4. The summed E-state index contributed by atoms with van der Waals surface area (Å²) >= 11 is 5.72. The van der Waals surface area contributed by atoms with Gasteiger partial charge in [0.2, 0.25) is 0 Å². The van der Waals surface area contributed by atoms with Gasteiger partial charge in [-0.25, -0.2) is 12.8 Å². The van der Waals surface area contributed by atoms with Crippen LogP contribution in [0.15, 0.2) is 35.5 Å². The predicted molar refractivity (Wildman–Crippen MR) is 79.1 cm³/mol. The number of hydrogen-bond donors (Lipinski definition) is 2. The Morgan fingerprint density at radius 3 is 2.76 bits per heavy atom. The van der Waals surface area contributed by atoms with Crippen molar-refractivity contribution in [3.63, 3.8) is 0 Å². The van der Waals surface area contributed by atoms with E-state index in [0.29, 0.717) is 11.3 Å². The fraction of sp³-hybridized carbons (Fsp3) is 0.154. The summed E-state index contributed by atoms with van der Waals surface area (Å²) in [6.45, 7) is 1.64. The van der Waals surface area contributed by atoms with E-state index in [1.54, 1.807) is 6.92 Å². The van der Waals surface area contributed by atoms with E-state index in [2.05, 4.69) is 9.71 Å². The number of nitrogens with one attached hydrogen (secondary N) is 1. The highest BCUT2D eigenvalue weighted by Gasteiger charge is 2.19. The summed E-state index contributed by atoms with van der Waals surface area (Å²) in [6, 6.07) is 3.63. The van der Waals surface area contributed by atoms with Crippen LogP contribution in [0.2, 0.25) is 5.02 Å². The number of anilines is 1. The van der Waals surface area contributed by atoms with Crippen LogP contribution in [0.25, 0.3) is 0 Å². The van der Waals surface area contributed by atoms with Gasteiger partial charge in [0, 0.05) is 18.9 Å². The van der Waals surface area contributed by atoms with Crippen LogP contribution in [0, 0.1) is 12.7 Å². The summed E-state index contributed by atoms with van der Waals surface area (Å²) < 4.78 is 40.7. The van der Waals surface area contributed by atoms with Crippen LogP contribution in [0.5, 0.6) is 0 Å². The molecule has 0 bridgehead atoms. The first-order valence-electron chi connectivity index (χ1n) is 5.96. The lowest BCUT2D eigenvalue weighted by molar-refractivity contribution is 0.594. The molecule has 0 aliphatic heterocycles. The minimum Gasteiger partial charge on any atom is -0.326 e. The van der Waals surface area contributed by atoms with Gasteiger partial charge in [0.05, 0.1) is 15.6 Å². The molecule has 3 N–H and O–H groups in total. The van der Waals surface area contributed by atoms with Gasteiger partial charge >= 0.3 is 0 Å². The van der Waals surface area contributed by atoms with E-state index >= 15 is 0 Å². The van der Waals surface area contributed by atoms with Crippen LogP contribution < -0.4 is 10.5 Å². The van der Waals surface area contributed by atoms with Gasteiger partial charge in [-0.3, -0.25) is 9.71 Å². The fourth-order valence-electron chi connectivity index (χ4n) is 1.71. The Hall–Kier alpha value is -1.70. The van der Waals surface area contributed by atoms with Gasteiger partial charge in [-0.05, 0) is 36.2 Å². The third-order valence-electron chi connectivity index (χ3n) is 2.87. The average Bonchev–Trinajstić information content (AvgIpc) is 2.44. The zero-order chi connectivity index (χ0) is 15.6. The molecule has 0 unspecified atom stereocenters. The molecule has 8 heteroatoms. The van der Waals surface area contributed by atoms with Gasteiger partial charge in [-0.1, -0.05) is 11.6 Å². The number of aryl methyl sites for hydroxylation is 1. The van der Waals surface area contributed by atoms with Crippen molar-refractivity contribution < 1.29 is 12.8 Å². The molecule has 0 fully saturated rings. The van der Waals surface area contributed by atoms with Crippen LogP contribution in [0.3, 0.4) is 0 Å². The number of pyridine rings is 1. The van der Waals surface area contributed by atoms with E-state index in [1.807, 2.05) is 0 Å². The van der Waals surface area contributed by atoms with Gasteiger partial charge in [-0.2, -0.15) is 0 Å². The van der Waals surface area contributed by atoms with Crippen molar-refractivity contribution >= 4 is 27.3 Å². The summed E-state index contributed by atoms with van der Waals surface area (Å²) in [5.74, 6) is -0.827. The number of aromatic nitrogens is 1. The highest BCUT2D eigenvalue weighted by molar-refractivity contribution is 7.92. The molecule has 0 saturated carbocycles. The first-order chi connectivity index (χ1) is 9.85. The van der Waals surface area contributed by atoms with Crippen molar-refractivity contribution in [2.45, 2.75) is 18.4 Å². The number of nitrogens with two attached hydrogens (primary N) is 1. The minimum atomic E-state index is -3.94. The molecule has 1 aromatic carbocycles. The van der Waals surface area contributed by atoms with Crippen LogP contribution >= 0.6 is 11.6 Å². The second kappa shape index (κ2) is 5.97. The Morgan fingerprint density at radius 2 is 2.14 bits per heavy atom. The van der Waals surface area contributed by atoms with Gasteiger partial charge in [0.25, 0.3) is 10.0 Å². The summed E-state index contributed by atoms with van der Waals surface area (Å²) in [7, 11) is -3.94. The summed E-state index contributed by atoms with van der Waals surface area (Å²) in [5, 5.41) is -0.170. The maximum atomic E-state index is 13.7. The molecular formula is C13H13ClFN3O2S. The number of nitrogens with zero attached hydrogens (tertiary/aromatic N) is 1. The monoisotopic (exact) mass is 329 g/mol. The molecule has 0 atom stereocenters. The van der Waals surface area contributed by atoms with Crippen molar-refractivity contribution in [1.82, 2.24) is 4.98 Å². The maximum absolute atomic E-state index is 13.7. The van der Waals surface area contributed by atoms with Crippen LogP contribution in [0.1, 0.15) is 11.1 Å². The van der Waals surface area contributed by atoms with E-state index in [9.17, 15) is 12.8 Å². The van der Waals surface area contributed by atoms with E-state index in [4.69, 9.17) is 17.3 Å². The average molecular weight is 330 g/mol. The van der Waals surface area contributed by atoms with Crippen LogP contribution in [0.4, 0.5) is 10.1 Å². The molecular weight excluding hydrogens is 317 g/mol. The van der Waals surface area contributed by atoms with Crippen LogP contribution in [-0.4, -0.2) is 13.4 Å². The van der Waals surface area contributed by atoms with Gasteiger partial charge in [0.15, 0.2) is 0 Å². The third-order valence-corrected chi connectivity index (χ3v) is 4.64. The molecule has 0 radical (unpaired) electrons. The van der Waals surface area contributed by atoms with E-state index in [0.717, 1.165) is 6.07 Å². The molecule has 0 aliphatic rings. The zero-order valence-electron chi connectivity index (χ0n) is 11.1. The molecule has 0 aliphatic carbocycles. The number of benzene rings is 1. The lowest BCUT2D eigenvalue weighted by Crippen LogP contribution is -2.15. The minimum absolute atomic E-state index is 0.0621. The normalized spacial score (nSPS) is 11.4. The first-order valence-corrected chi connectivity index (χ1v) is 7.82. The Kier molecular flexibility index (Phi) is 4.46. The van der Waals surface area contributed by atoms with E-state index in [1.165, 1.54) is 24.5 Å². The second-order valence-corrected chi connectivity index (χ2v) is 6.44. The highest BCUT2D eigenvalue weighted by Crippen LogP contribution is 2.26. The summed E-state index contributed by atoms with van der Waals surface area (Å²) in [5.41, 5.74) is 6.68. The van der Waals surface area contributed by atoms with Crippen molar-refractivity contribution in [1.29, 1.82) is 0 Å². The standard InChI is InChI=1S/C13H13ClFN3O2S/c1-8-7-17-3-2-12(8)18-21(19,20)10-4-9(6-16)13(14)11(15)5-10/h2-5,7H,6,16H2,1H3,(H,17,18). The van der Waals surface area contributed by atoms with Crippen molar-refractivity contribution in [3.05, 3.63) is 52.6 Å². The van der Waals surface area contributed by atoms with Gasteiger partial charge < -0.3 is 5.73 Å². The van der Waals surface area contributed by atoms with Crippen molar-refractivity contribution in [3.8, 4) is 0 Å². The fourth-order valence-corrected chi connectivity index (χ4v) is 3.09. The van der Waals surface area contributed by atoms with Crippen molar-refractivity contribution in [2.75, 3.05) is 4.72 Å². The maximum Gasteiger partial charge on any atom is 0.262 e. The predicted octanol–water partition coefficient (Wildman–Crippen LogP) is 2.44. The summed E-state index contributed by atoms with van der Waals surface area (Å²) in [4.78, 5) is 3.64. The number of sulfonamides is 1. The van der Waals surface area contributed by atoms with E-state index < -0.39 is 15.8 Å². The largest absolute Gasteiger partial charge is 0.326 e. The SMILES string of the molecule is Cc1cnccc1NS(=O)(=O)c1cc(F)c(Cl)c(CN)c1. The molecule has 1 aromatic heterocycles. The third kappa shape index (κ3) is 3.31. The molecule has 0 amide bonds. The molecule has 2 aromatic rings. The molecule has 112 valence electrons. The highest BCUT2D eigenvalue weighted by atomic mass is 35.5. The molecule has 1 heterocycles. The lowest BCUT2D eigenvalue weighted by Gasteiger charge is -2.12. The van der Waals surface area contributed by atoms with E-state index in [-0.39, 0.29) is 22.0 Å². The lowest BCUT2D eigenvalue weighted by atomic mass is 10.2. The van der Waals surface area contributed by atoms with Gasteiger partial charge in [0.1, 0.15) is 5.82 Å². The smallest absolute Gasteiger partial charge is 0.262 e. The molecule has 21 heavy (non-hydrogen) atoms. The summed E-state index contributed by atoms with van der Waals surface area (Å²) in [6.07, 6.45) is 2.98. The first kappa shape index (κ1) is 15.7. The number of hydrogen-bond acceptors (Lipinski definition) is 4. The Bertz CT molecular complexity index is 781. The molecule has 5 nitrogen and oxygen atoms in total. The Morgan fingerprint density at radius 1 is 1.43 bits per heavy atom. The molecule has 0 saturated heterocycles. The molecule has 2 rings (SSSR count). The van der Waals surface area contributed by atoms with Crippen molar-refractivity contribution in [2.24, 2.45) is 5.73 Å². The van der Waals surface area contributed by atoms with Crippen LogP contribution in [-0.2, 0) is 16.6 Å². The number of halogens is 2. The van der Waals surface area contributed by atoms with Gasteiger partial charge in [-0.15, -0.1) is 0 Å². The zero-order valence-corrected chi connectivity index (χ0v) is 12.7.